The number of hydrogen-bond donors (Lipinski definition) is 2. The van der Waals surface area contributed by atoms with Crippen molar-refractivity contribution in [1.29, 1.82) is 0 Å². The second-order valence-electron chi connectivity index (χ2n) is 5.91. The summed E-state index contributed by atoms with van der Waals surface area (Å²) >= 11 is 1.31. The van der Waals surface area contributed by atoms with Gasteiger partial charge in [0.1, 0.15) is 5.82 Å². The highest BCUT2D eigenvalue weighted by atomic mass is 32.2. The van der Waals surface area contributed by atoms with E-state index in [0.29, 0.717) is 17.1 Å². The number of thiazole rings is 1. The molecule has 0 fully saturated rings. The maximum Gasteiger partial charge on any atom is 0.323 e. The number of amides is 2. The number of aryl methyl sites for hydroxylation is 1. The summed E-state index contributed by atoms with van der Waals surface area (Å²) in [5.41, 5.74) is 1.43. The Kier molecular flexibility index (Phi) is 6.68. The van der Waals surface area contributed by atoms with Gasteiger partial charge >= 0.3 is 6.03 Å². The molecule has 0 spiro atoms. The van der Waals surface area contributed by atoms with Crippen molar-refractivity contribution in [2.75, 3.05) is 31.7 Å². The molecule has 0 aliphatic rings. The summed E-state index contributed by atoms with van der Waals surface area (Å²) < 4.78 is 37.9. The fourth-order valence-corrected chi connectivity index (χ4v) is 3.38. The first kappa shape index (κ1) is 20.3. The lowest BCUT2D eigenvalue weighted by molar-refractivity contribution is 0.223. The number of rotatable bonds is 7. The Morgan fingerprint density at radius 2 is 2.12 bits per heavy atom. The highest BCUT2D eigenvalue weighted by Crippen LogP contribution is 2.22. The summed E-state index contributed by atoms with van der Waals surface area (Å²) in [6.07, 6.45) is 3.23. The number of carbonyl (C=O) groups is 1. The second kappa shape index (κ2) is 8.56. The van der Waals surface area contributed by atoms with Crippen LogP contribution in [0.25, 0.3) is 0 Å². The minimum atomic E-state index is -3.28. The lowest BCUT2D eigenvalue weighted by Gasteiger charge is -2.16. The van der Waals surface area contributed by atoms with Crippen LogP contribution < -0.4 is 10.0 Å². The van der Waals surface area contributed by atoms with Gasteiger partial charge in [0, 0.05) is 37.6 Å². The van der Waals surface area contributed by atoms with Crippen LogP contribution >= 0.6 is 11.3 Å². The molecule has 2 N–H and O–H groups in total. The third-order valence-corrected chi connectivity index (χ3v) is 5.18. The molecule has 0 aliphatic heterocycles. The predicted octanol–water partition coefficient (Wildman–Crippen LogP) is 2.19. The molecule has 0 bridgehead atoms. The van der Waals surface area contributed by atoms with Crippen LogP contribution in [0.1, 0.15) is 16.0 Å². The summed E-state index contributed by atoms with van der Waals surface area (Å²) in [5.74, 6) is -0.245. The number of hydrogen-bond acceptors (Lipinski definition) is 5. The van der Waals surface area contributed by atoms with Gasteiger partial charge in [-0.25, -0.2) is 27.3 Å². The minimum absolute atomic E-state index is 0.130. The molecule has 142 valence electrons. The van der Waals surface area contributed by atoms with E-state index in [4.69, 9.17) is 0 Å². The Labute approximate surface area is 156 Å². The zero-order valence-corrected chi connectivity index (χ0v) is 16.4. The normalized spacial score (nSPS) is 11.4. The van der Waals surface area contributed by atoms with Crippen molar-refractivity contribution in [2.45, 2.75) is 13.3 Å². The number of likely N-dealkylation sites (N-methyl/N-ethyl adjacent to an activating group) is 1. The largest absolute Gasteiger partial charge is 0.326 e. The standard InChI is InChI=1S/C16H21FN4O3S2/c1-11-4-5-12(9-14(11)17)8-13-10-18-15(25-13)20-16(22)21(2)7-6-19-26(3,23)24/h4-5,9-10,19H,6-8H2,1-3H3,(H,18,20,22). The Morgan fingerprint density at radius 1 is 1.38 bits per heavy atom. The number of nitrogens with zero attached hydrogens (tertiary/aromatic N) is 2. The van der Waals surface area contributed by atoms with Gasteiger partial charge in [0.25, 0.3) is 0 Å². The Hall–Kier alpha value is -2.04. The second-order valence-corrected chi connectivity index (χ2v) is 8.86. The maximum atomic E-state index is 13.6. The fourth-order valence-electron chi connectivity index (χ4n) is 2.08. The van der Waals surface area contributed by atoms with E-state index in [1.165, 1.54) is 22.3 Å². The molecular weight excluding hydrogens is 379 g/mol. The molecule has 7 nitrogen and oxygen atoms in total. The van der Waals surface area contributed by atoms with Crippen molar-refractivity contribution in [3.63, 3.8) is 0 Å². The average molecular weight is 401 g/mol. The Bertz CT molecular complexity index is 883. The number of nitrogens with one attached hydrogen (secondary N) is 2. The van der Waals surface area contributed by atoms with Crippen molar-refractivity contribution < 1.29 is 17.6 Å². The third-order valence-electron chi connectivity index (χ3n) is 3.54. The van der Waals surface area contributed by atoms with E-state index < -0.39 is 10.0 Å². The van der Waals surface area contributed by atoms with Gasteiger partial charge in [0.05, 0.1) is 6.26 Å². The quantitative estimate of drug-likeness (QED) is 0.745. The highest BCUT2D eigenvalue weighted by Gasteiger charge is 2.12. The number of sulfonamides is 1. The van der Waals surface area contributed by atoms with E-state index in [9.17, 15) is 17.6 Å². The van der Waals surface area contributed by atoms with Crippen LogP contribution in [0.2, 0.25) is 0 Å². The zero-order chi connectivity index (χ0) is 19.3. The van der Waals surface area contributed by atoms with Crippen LogP contribution in [0.4, 0.5) is 14.3 Å². The van der Waals surface area contributed by atoms with Crippen LogP contribution in [0.15, 0.2) is 24.4 Å². The SMILES string of the molecule is Cc1ccc(Cc2cnc(NC(=O)N(C)CCNS(C)(=O)=O)s2)cc1F. The van der Waals surface area contributed by atoms with Crippen molar-refractivity contribution in [1.82, 2.24) is 14.6 Å². The summed E-state index contributed by atoms with van der Waals surface area (Å²) in [6, 6.07) is 4.70. The zero-order valence-electron chi connectivity index (χ0n) is 14.7. The topological polar surface area (TPSA) is 91.4 Å². The number of anilines is 1. The van der Waals surface area contributed by atoms with Crippen molar-refractivity contribution in [3.05, 3.63) is 46.2 Å². The molecule has 0 radical (unpaired) electrons. The fraction of sp³-hybridized carbons (Fsp3) is 0.375. The lowest BCUT2D eigenvalue weighted by atomic mass is 10.1. The Balaban J connectivity index is 1.88. The molecule has 0 saturated carbocycles. The third kappa shape index (κ3) is 6.36. The first-order valence-electron chi connectivity index (χ1n) is 7.80. The van der Waals surface area contributed by atoms with E-state index in [1.54, 1.807) is 26.2 Å². The summed E-state index contributed by atoms with van der Waals surface area (Å²) in [6.45, 7) is 2.06. The van der Waals surface area contributed by atoms with Gasteiger partial charge < -0.3 is 4.90 Å². The summed E-state index contributed by atoms with van der Waals surface area (Å²) in [4.78, 5) is 18.5. The monoisotopic (exact) mass is 400 g/mol. The smallest absolute Gasteiger partial charge is 0.323 e. The van der Waals surface area contributed by atoms with E-state index in [2.05, 4.69) is 15.0 Å². The van der Waals surface area contributed by atoms with Crippen LogP contribution in [0, 0.1) is 12.7 Å². The number of aromatic nitrogens is 1. The van der Waals surface area contributed by atoms with Crippen LogP contribution in [-0.2, 0) is 16.4 Å². The first-order valence-corrected chi connectivity index (χ1v) is 10.5. The van der Waals surface area contributed by atoms with Crippen LogP contribution in [-0.4, -0.2) is 50.7 Å². The van der Waals surface area contributed by atoms with Crippen LogP contribution in [0.5, 0.6) is 0 Å². The van der Waals surface area contributed by atoms with Gasteiger partial charge in [-0.15, -0.1) is 11.3 Å². The lowest BCUT2D eigenvalue weighted by Crippen LogP contribution is -2.38. The molecule has 2 rings (SSSR count). The number of benzene rings is 1. The molecule has 26 heavy (non-hydrogen) atoms. The molecule has 0 aliphatic carbocycles. The van der Waals surface area contributed by atoms with Crippen LogP contribution in [0.3, 0.4) is 0 Å². The number of halogens is 1. The molecule has 0 atom stereocenters. The molecule has 10 heteroatoms. The molecule has 2 aromatic rings. The summed E-state index contributed by atoms with van der Waals surface area (Å²) in [7, 11) is -1.72. The van der Waals surface area contributed by atoms with E-state index >= 15 is 0 Å². The molecule has 1 aromatic heterocycles. The average Bonchev–Trinajstić information content (AvgIpc) is 2.96. The van der Waals surface area contributed by atoms with Gasteiger partial charge in [-0.2, -0.15) is 0 Å². The Morgan fingerprint density at radius 3 is 2.77 bits per heavy atom. The summed E-state index contributed by atoms with van der Waals surface area (Å²) in [5, 5.41) is 3.09. The minimum Gasteiger partial charge on any atom is -0.326 e. The number of urea groups is 1. The molecule has 2 amide bonds. The molecule has 1 heterocycles. The highest BCUT2D eigenvalue weighted by molar-refractivity contribution is 7.88. The van der Waals surface area contributed by atoms with Crippen molar-refractivity contribution in [3.8, 4) is 0 Å². The number of carbonyl (C=O) groups excluding carboxylic acids is 1. The molecular formula is C16H21FN4O3S2. The van der Waals surface area contributed by atoms with E-state index in [-0.39, 0.29) is 24.9 Å². The maximum absolute atomic E-state index is 13.6. The van der Waals surface area contributed by atoms with Gasteiger partial charge in [-0.1, -0.05) is 12.1 Å². The van der Waals surface area contributed by atoms with Crippen molar-refractivity contribution >= 4 is 32.5 Å². The van der Waals surface area contributed by atoms with Gasteiger partial charge in [0.2, 0.25) is 10.0 Å². The first-order chi connectivity index (χ1) is 12.1. The van der Waals surface area contributed by atoms with E-state index in [1.807, 2.05) is 6.07 Å². The van der Waals surface area contributed by atoms with Crippen molar-refractivity contribution in [2.24, 2.45) is 0 Å². The van der Waals surface area contributed by atoms with Gasteiger partial charge in [0.15, 0.2) is 5.13 Å². The molecule has 0 saturated heterocycles. The van der Waals surface area contributed by atoms with Gasteiger partial charge in [-0.05, 0) is 24.1 Å². The molecule has 1 aromatic carbocycles. The predicted molar refractivity (Wildman–Crippen MR) is 101 cm³/mol. The van der Waals surface area contributed by atoms with Gasteiger partial charge in [-0.3, -0.25) is 5.32 Å². The van der Waals surface area contributed by atoms with E-state index in [0.717, 1.165) is 16.7 Å². The molecule has 0 unspecified atom stereocenters.